The third-order valence-electron chi connectivity index (χ3n) is 4.26. The molecule has 0 bridgehead atoms. The summed E-state index contributed by atoms with van der Waals surface area (Å²) in [6, 6.07) is 0. The Bertz CT molecular complexity index is 351. The standard InChI is InChI=1S/C14H23N3/c1-2-17-8-7-16-14(17)10-15-9-13(11-3-4-11)12-5-6-12/h7-8,11-13,15H,2-6,9-10H2,1H3. The molecule has 2 fully saturated rings. The number of nitrogens with one attached hydrogen (secondary N) is 1. The summed E-state index contributed by atoms with van der Waals surface area (Å²) >= 11 is 0. The molecule has 0 amide bonds. The van der Waals surface area contributed by atoms with E-state index in [0.717, 1.165) is 30.8 Å². The van der Waals surface area contributed by atoms with Gasteiger partial charge in [0.2, 0.25) is 0 Å². The van der Waals surface area contributed by atoms with Crippen LogP contribution in [0.3, 0.4) is 0 Å². The van der Waals surface area contributed by atoms with Gasteiger partial charge in [-0.05, 0) is 56.9 Å². The molecule has 94 valence electrons. The van der Waals surface area contributed by atoms with Crippen LogP contribution in [-0.2, 0) is 13.1 Å². The van der Waals surface area contributed by atoms with Gasteiger partial charge in [-0.2, -0.15) is 0 Å². The third kappa shape index (κ3) is 2.71. The maximum Gasteiger partial charge on any atom is 0.122 e. The van der Waals surface area contributed by atoms with Crippen molar-refractivity contribution < 1.29 is 0 Å². The Labute approximate surface area is 104 Å². The van der Waals surface area contributed by atoms with Crippen molar-refractivity contribution in [3.63, 3.8) is 0 Å². The summed E-state index contributed by atoms with van der Waals surface area (Å²) in [6.07, 6.45) is 9.88. The van der Waals surface area contributed by atoms with Gasteiger partial charge in [0.05, 0.1) is 6.54 Å². The number of hydrogen-bond donors (Lipinski definition) is 1. The summed E-state index contributed by atoms with van der Waals surface area (Å²) in [7, 11) is 0. The molecule has 0 atom stereocenters. The molecule has 1 aromatic heterocycles. The maximum absolute atomic E-state index is 4.41. The molecule has 0 radical (unpaired) electrons. The summed E-state index contributed by atoms with van der Waals surface area (Å²) in [6.45, 7) is 5.32. The Balaban J connectivity index is 1.47. The lowest BCUT2D eigenvalue weighted by Crippen LogP contribution is -2.26. The van der Waals surface area contributed by atoms with E-state index >= 15 is 0 Å². The lowest BCUT2D eigenvalue weighted by Gasteiger charge is -2.16. The second kappa shape index (κ2) is 4.81. The Morgan fingerprint density at radius 2 is 2.06 bits per heavy atom. The monoisotopic (exact) mass is 233 g/mol. The van der Waals surface area contributed by atoms with E-state index in [0.29, 0.717) is 0 Å². The fourth-order valence-electron chi connectivity index (χ4n) is 2.91. The van der Waals surface area contributed by atoms with E-state index in [2.05, 4.69) is 28.0 Å². The highest BCUT2D eigenvalue weighted by atomic mass is 15.1. The number of nitrogens with zero attached hydrogens (tertiary/aromatic N) is 2. The zero-order valence-electron chi connectivity index (χ0n) is 10.7. The molecule has 1 N–H and O–H groups in total. The van der Waals surface area contributed by atoms with Gasteiger partial charge in [0.1, 0.15) is 5.82 Å². The number of imidazole rings is 1. The largest absolute Gasteiger partial charge is 0.334 e. The Kier molecular flexibility index (Phi) is 3.19. The lowest BCUT2D eigenvalue weighted by atomic mass is 9.98. The van der Waals surface area contributed by atoms with Crippen LogP contribution in [0.2, 0.25) is 0 Å². The molecule has 1 heterocycles. The first-order valence-electron chi connectivity index (χ1n) is 7.09. The lowest BCUT2D eigenvalue weighted by molar-refractivity contribution is 0.375. The van der Waals surface area contributed by atoms with E-state index in [-0.39, 0.29) is 0 Å². The maximum atomic E-state index is 4.41. The molecular formula is C14H23N3. The van der Waals surface area contributed by atoms with Crippen molar-refractivity contribution in [2.75, 3.05) is 6.54 Å². The van der Waals surface area contributed by atoms with Crippen molar-refractivity contribution in [1.82, 2.24) is 14.9 Å². The van der Waals surface area contributed by atoms with Gasteiger partial charge in [0.15, 0.2) is 0 Å². The first-order chi connectivity index (χ1) is 8.38. The topological polar surface area (TPSA) is 29.9 Å². The van der Waals surface area contributed by atoms with Crippen molar-refractivity contribution in [3.05, 3.63) is 18.2 Å². The van der Waals surface area contributed by atoms with E-state index < -0.39 is 0 Å². The zero-order chi connectivity index (χ0) is 11.7. The zero-order valence-corrected chi connectivity index (χ0v) is 10.7. The molecule has 0 unspecified atom stereocenters. The van der Waals surface area contributed by atoms with Crippen LogP contribution < -0.4 is 5.32 Å². The number of aryl methyl sites for hydroxylation is 1. The van der Waals surface area contributed by atoms with Crippen molar-refractivity contribution in [3.8, 4) is 0 Å². The molecule has 0 aromatic carbocycles. The van der Waals surface area contributed by atoms with Crippen LogP contribution in [-0.4, -0.2) is 16.1 Å². The van der Waals surface area contributed by atoms with Crippen molar-refractivity contribution in [1.29, 1.82) is 0 Å². The first kappa shape index (κ1) is 11.3. The van der Waals surface area contributed by atoms with E-state index in [1.165, 1.54) is 38.1 Å². The summed E-state index contributed by atoms with van der Waals surface area (Å²) in [5.74, 6) is 4.22. The SMILES string of the molecule is CCn1ccnc1CNCC(C1CC1)C1CC1. The highest BCUT2D eigenvalue weighted by Gasteiger charge is 2.40. The first-order valence-corrected chi connectivity index (χ1v) is 7.09. The molecule has 0 saturated heterocycles. The fourth-order valence-corrected chi connectivity index (χ4v) is 2.91. The number of aromatic nitrogens is 2. The van der Waals surface area contributed by atoms with E-state index in [1.807, 2.05) is 6.20 Å². The highest BCUT2D eigenvalue weighted by Crippen LogP contribution is 2.48. The quantitative estimate of drug-likeness (QED) is 0.784. The van der Waals surface area contributed by atoms with Gasteiger partial charge >= 0.3 is 0 Å². The summed E-state index contributed by atoms with van der Waals surface area (Å²) in [4.78, 5) is 4.41. The van der Waals surface area contributed by atoms with E-state index in [9.17, 15) is 0 Å². The minimum atomic E-state index is 0.927. The molecule has 3 heteroatoms. The third-order valence-corrected chi connectivity index (χ3v) is 4.26. The number of hydrogen-bond acceptors (Lipinski definition) is 2. The van der Waals surface area contributed by atoms with Crippen LogP contribution >= 0.6 is 0 Å². The van der Waals surface area contributed by atoms with Gasteiger partial charge in [-0.15, -0.1) is 0 Å². The summed E-state index contributed by atoms with van der Waals surface area (Å²) in [5, 5.41) is 3.62. The summed E-state index contributed by atoms with van der Waals surface area (Å²) < 4.78 is 2.22. The Morgan fingerprint density at radius 1 is 1.35 bits per heavy atom. The normalized spacial score (nSPS) is 20.1. The van der Waals surface area contributed by atoms with Gasteiger partial charge in [0, 0.05) is 18.9 Å². The molecular weight excluding hydrogens is 210 g/mol. The van der Waals surface area contributed by atoms with Crippen LogP contribution in [0.1, 0.15) is 38.4 Å². The molecule has 2 saturated carbocycles. The van der Waals surface area contributed by atoms with Gasteiger partial charge in [0.25, 0.3) is 0 Å². The van der Waals surface area contributed by atoms with E-state index in [4.69, 9.17) is 0 Å². The molecule has 2 aliphatic carbocycles. The molecule has 3 nitrogen and oxygen atoms in total. The van der Waals surface area contributed by atoms with Gasteiger partial charge in [-0.3, -0.25) is 0 Å². The second-order valence-corrected chi connectivity index (χ2v) is 5.60. The van der Waals surface area contributed by atoms with Crippen molar-refractivity contribution >= 4 is 0 Å². The molecule has 3 rings (SSSR count). The van der Waals surface area contributed by atoms with Crippen LogP contribution in [0.25, 0.3) is 0 Å². The predicted molar refractivity (Wildman–Crippen MR) is 68.5 cm³/mol. The highest BCUT2D eigenvalue weighted by molar-refractivity contribution is 4.94. The van der Waals surface area contributed by atoms with Crippen LogP contribution in [0, 0.1) is 17.8 Å². The second-order valence-electron chi connectivity index (χ2n) is 5.60. The molecule has 17 heavy (non-hydrogen) atoms. The van der Waals surface area contributed by atoms with E-state index in [1.54, 1.807) is 0 Å². The van der Waals surface area contributed by atoms with Crippen LogP contribution in [0.4, 0.5) is 0 Å². The van der Waals surface area contributed by atoms with Crippen LogP contribution in [0.5, 0.6) is 0 Å². The average Bonchev–Trinajstić information content (AvgIpc) is 3.24. The van der Waals surface area contributed by atoms with Gasteiger partial charge in [-0.25, -0.2) is 4.98 Å². The Hall–Kier alpha value is -0.830. The molecule has 0 aliphatic heterocycles. The van der Waals surface area contributed by atoms with Crippen molar-refractivity contribution in [2.45, 2.75) is 45.7 Å². The van der Waals surface area contributed by atoms with Gasteiger partial charge in [-0.1, -0.05) is 0 Å². The molecule has 0 spiro atoms. The number of rotatable bonds is 7. The predicted octanol–water partition coefficient (Wildman–Crippen LogP) is 2.43. The van der Waals surface area contributed by atoms with Crippen molar-refractivity contribution in [2.24, 2.45) is 17.8 Å². The minimum Gasteiger partial charge on any atom is -0.334 e. The average molecular weight is 233 g/mol. The van der Waals surface area contributed by atoms with Gasteiger partial charge < -0.3 is 9.88 Å². The minimum absolute atomic E-state index is 0.927. The summed E-state index contributed by atoms with van der Waals surface area (Å²) in [5.41, 5.74) is 0. The molecule has 1 aromatic rings. The smallest absolute Gasteiger partial charge is 0.122 e. The van der Waals surface area contributed by atoms with Crippen LogP contribution in [0.15, 0.2) is 12.4 Å². The Morgan fingerprint density at radius 3 is 2.65 bits per heavy atom. The fraction of sp³-hybridized carbons (Fsp3) is 0.786. The molecule has 2 aliphatic rings.